The van der Waals surface area contributed by atoms with E-state index in [2.05, 4.69) is 29.2 Å². The molecule has 0 fully saturated rings. The molecule has 7 nitrogen and oxygen atoms in total. The van der Waals surface area contributed by atoms with Crippen molar-refractivity contribution in [3.05, 3.63) is 59.5 Å². The van der Waals surface area contributed by atoms with Crippen LogP contribution in [0.1, 0.15) is 17.0 Å². The number of amides is 1. The van der Waals surface area contributed by atoms with Crippen molar-refractivity contribution in [2.75, 3.05) is 27.0 Å². The van der Waals surface area contributed by atoms with Gasteiger partial charge in [-0.05, 0) is 30.2 Å². The smallest absolute Gasteiger partial charge is 0.246 e. The Morgan fingerprint density at radius 3 is 2.70 bits per heavy atom. The van der Waals surface area contributed by atoms with E-state index in [4.69, 9.17) is 14.0 Å². The molecule has 158 valence electrons. The topological polar surface area (TPSA) is 77.7 Å². The summed E-state index contributed by atoms with van der Waals surface area (Å²) in [4.78, 5) is 18.4. The number of aromatic nitrogens is 2. The number of thioether (sulfide) groups is 1. The summed E-state index contributed by atoms with van der Waals surface area (Å²) in [6.45, 7) is 2.32. The van der Waals surface area contributed by atoms with Crippen molar-refractivity contribution in [1.29, 1.82) is 0 Å². The van der Waals surface area contributed by atoms with Crippen LogP contribution < -0.4 is 9.47 Å². The van der Waals surface area contributed by atoms with Crippen LogP contribution in [0.3, 0.4) is 0 Å². The Kier molecular flexibility index (Phi) is 7.35. The van der Waals surface area contributed by atoms with E-state index >= 15 is 0 Å². The molecule has 3 rings (SSSR count). The molecule has 0 N–H and O–H groups in total. The third-order valence-corrected chi connectivity index (χ3v) is 5.63. The van der Waals surface area contributed by atoms with Crippen LogP contribution in [0, 0.1) is 6.92 Å². The summed E-state index contributed by atoms with van der Waals surface area (Å²) >= 11 is 1.59. The van der Waals surface area contributed by atoms with E-state index in [1.807, 2.05) is 18.2 Å². The van der Waals surface area contributed by atoms with Crippen molar-refractivity contribution in [3.63, 3.8) is 0 Å². The molecule has 2 aromatic carbocycles. The number of rotatable bonds is 9. The molecule has 3 aromatic rings. The highest BCUT2D eigenvalue weighted by molar-refractivity contribution is 7.99. The summed E-state index contributed by atoms with van der Waals surface area (Å²) in [5.41, 5.74) is 3.17. The zero-order valence-corrected chi connectivity index (χ0v) is 18.4. The Morgan fingerprint density at radius 1 is 1.17 bits per heavy atom. The number of benzene rings is 2. The lowest BCUT2D eigenvalue weighted by atomic mass is 10.1. The van der Waals surface area contributed by atoms with Crippen molar-refractivity contribution in [3.8, 4) is 22.9 Å². The first-order chi connectivity index (χ1) is 14.5. The summed E-state index contributed by atoms with van der Waals surface area (Å²) in [6.07, 6.45) is 0. The lowest BCUT2D eigenvalue weighted by Crippen LogP contribution is -2.28. The predicted molar refractivity (Wildman–Crippen MR) is 117 cm³/mol. The Morgan fingerprint density at radius 2 is 1.97 bits per heavy atom. The molecule has 1 amide bonds. The van der Waals surface area contributed by atoms with Gasteiger partial charge in [-0.15, -0.1) is 11.8 Å². The van der Waals surface area contributed by atoms with Crippen LogP contribution in [0.25, 0.3) is 11.4 Å². The minimum atomic E-state index is 0.00959. The number of methoxy groups -OCH3 is 2. The van der Waals surface area contributed by atoms with Crippen LogP contribution in [0.5, 0.6) is 11.5 Å². The summed E-state index contributed by atoms with van der Waals surface area (Å²) in [6, 6.07) is 13.6. The molecular formula is C22H25N3O4S. The molecule has 0 radical (unpaired) electrons. The molecule has 0 aliphatic carbocycles. The van der Waals surface area contributed by atoms with E-state index in [0.717, 1.165) is 5.75 Å². The second kappa shape index (κ2) is 10.2. The molecule has 30 heavy (non-hydrogen) atoms. The fourth-order valence-electron chi connectivity index (χ4n) is 2.83. The van der Waals surface area contributed by atoms with Crippen molar-refractivity contribution in [2.45, 2.75) is 19.2 Å². The van der Waals surface area contributed by atoms with Gasteiger partial charge >= 0.3 is 0 Å². The Bertz CT molecular complexity index is 1010. The van der Waals surface area contributed by atoms with Crippen LogP contribution in [-0.4, -0.2) is 48.0 Å². The van der Waals surface area contributed by atoms with E-state index in [9.17, 15) is 4.79 Å². The third kappa shape index (κ3) is 5.33. The predicted octanol–water partition coefficient (Wildman–Crippen LogP) is 3.95. The first-order valence-electron chi connectivity index (χ1n) is 9.43. The average molecular weight is 428 g/mol. The van der Waals surface area contributed by atoms with Gasteiger partial charge < -0.3 is 18.9 Å². The monoisotopic (exact) mass is 427 g/mol. The second-order valence-electron chi connectivity index (χ2n) is 6.75. The number of aryl methyl sites for hydroxylation is 1. The van der Waals surface area contributed by atoms with Crippen molar-refractivity contribution >= 4 is 17.7 Å². The highest BCUT2D eigenvalue weighted by atomic mass is 32.2. The molecule has 0 aliphatic rings. The first kappa shape index (κ1) is 21.7. The van der Waals surface area contributed by atoms with Crippen LogP contribution in [0.15, 0.2) is 47.0 Å². The number of hydrogen-bond acceptors (Lipinski definition) is 7. The summed E-state index contributed by atoms with van der Waals surface area (Å²) < 4.78 is 15.9. The maximum Gasteiger partial charge on any atom is 0.246 e. The number of nitrogens with zero attached hydrogens (tertiary/aromatic N) is 3. The Hall–Kier alpha value is -3.00. The van der Waals surface area contributed by atoms with Crippen LogP contribution in [0.2, 0.25) is 0 Å². The molecule has 0 saturated heterocycles. The molecule has 0 bridgehead atoms. The molecular weight excluding hydrogens is 402 g/mol. The van der Waals surface area contributed by atoms with E-state index in [1.54, 1.807) is 50.1 Å². The quantitative estimate of drug-likeness (QED) is 0.512. The fraction of sp³-hybridized carbons (Fsp3) is 0.318. The van der Waals surface area contributed by atoms with E-state index in [-0.39, 0.29) is 12.5 Å². The van der Waals surface area contributed by atoms with Gasteiger partial charge in [-0.3, -0.25) is 4.79 Å². The first-order valence-corrected chi connectivity index (χ1v) is 10.6. The Labute approximate surface area is 180 Å². The van der Waals surface area contributed by atoms with Crippen LogP contribution >= 0.6 is 11.8 Å². The lowest BCUT2D eigenvalue weighted by Gasteiger charge is -2.14. The average Bonchev–Trinajstić information content (AvgIpc) is 3.22. The second-order valence-corrected chi connectivity index (χ2v) is 7.73. The molecule has 0 aliphatic heterocycles. The van der Waals surface area contributed by atoms with Gasteiger partial charge in [0.05, 0.1) is 32.1 Å². The maximum atomic E-state index is 12.5. The number of carbonyl (C=O) groups excluding carboxylic acids is 1. The zero-order chi connectivity index (χ0) is 21.5. The van der Waals surface area contributed by atoms with Gasteiger partial charge in [0.1, 0.15) is 11.5 Å². The van der Waals surface area contributed by atoms with Crippen LogP contribution in [0.4, 0.5) is 0 Å². The largest absolute Gasteiger partial charge is 0.497 e. The molecule has 0 saturated carbocycles. The van der Waals surface area contributed by atoms with Gasteiger partial charge in [-0.25, -0.2) is 0 Å². The zero-order valence-electron chi connectivity index (χ0n) is 17.5. The van der Waals surface area contributed by atoms with E-state index < -0.39 is 0 Å². The maximum absolute atomic E-state index is 12.5. The normalized spacial score (nSPS) is 10.7. The standard InChI is InChI=1S/C22H25N3O4S/c1-15-7-5-6-8-16(15)13-30-14-21(26)25(2)12-20-23-22(24-29-20)18-10-9-17(27-3)11-19(18)28-4/h5-11H,12-14H2,1-4H3. The summed E-state index contributed by atoms with van der Waals surface area (Å²) in [7, 11) is 4.89. The highest BCUT2D eigenvalue weighted by Crippen LogP contribution is 2.31. The van der Waals surface area contributed by atoms with Gasteiger partial charge in [0.25, 0.3) is 0 Å². The summed E-state index contributed by atoms with van der Waals surface area (Å²) in [5, 5.41) is 4.02. The van der Waals surface area contributed by atoms with Crippen molar-refractivity contribution < 1.29 is 18.8 Å². The Balaban J connectivity index is 1.57. The molecule has 0 unspecified atom stereocenters. The van der Waals surface area contributed by atoms with E-state index in [1.165, 1.54) is 11.1 Å². The minimum absolute atomic E-state index is 0.00959. The van der Waals surface area contributed by atoms with Gasteiger partial charge in [-0.1, -0.05) is 29.4 Å². The molecule has 8 heteroatoms. The number of hydrogen-bond donors (Lipinski definition) is 0. The van der Waals surface area contributed by atoms with Gasteiger partial charge in [0.15, 0.2) is 0 Å². The highest BCUT2D eigenvalue weighted by Gasteiger charge is 2.17. The molecule has 1 aromatic heterocycles. The SMILES string of the molecule is COc1ccc(-c2noc(CN(C)C(=O)CSCc3ccccc3C)n2)c(OC)c1. The minimum Gasteiger partial charge on any atom is -0.497 e. The van der Waals surface area contributed by atoms with E-state index in [0.29, 0.717) is 34.5 Å². The fourth-order valence-corrected chi connectivity index (χ4v) is 3.87. The lowest BCUT2D eigenvalue weighted by molar-refractivity contribution is -0.127. The van der Waals surface area contributed by atoms with Crippen LogP contribution in [-0.2, 0) is 17.1 Å². The molecule has 1 heterocycles. The van der Waals surface area contributed by atoms with Gasteiger partial charge in [0, 0.05) is 18.9 Å². The molecule has 0 spiro atoms. The van der Waals surface area contributed by atoms with Gasteiger partial charge in [0.2, 0.25) is 17.6 Å². The number of carbonyl (C=O) groups is 1. The third-order valence-electron chi connectivity index (χ3n) is 4.66. The van der Waals surface area contributed by atoms with Crippen molar-refractivity contribution in [1.82, 2.24) is 15.0 Å². The van der Waals surface area contributed by atoms with Gasteiger partial charge in [-0.2, -0.15) is 4.98 Å². The van der Waals surface area contributed by atoms with Crippen molar-refractivity contribution in [2.24, 2.45) is 0 Å². The molecule has 0 atom stereocenters. The summed E-state index contributed by atoms with van der Waals surface area (Å²) in [5.74, 6) is 3.22. The number of ether oxygens (including phenoxy) is 2.